The minimum atomic E-state index is -0.275. The average molecular weight is 249 g/mol. The minimum Gasteiger partial charge on any atom is -0.373 e. The van der Waals surface area contributed by atoms with Gasteiger partial charge >= 0.3 is 0 Å². The quantitative estimate of drug-likeness (QED) is 0.894. The van der Waals surface area contributed by atoms with E-state index in [9.17, 15) is 0 Å². The van der Waals surface area contributed by atoms with Gasteiger partial charge < -0.3 is 10.1 Å². The van der Waals surface area contributed by atoms with Gasteiger partial charge in [0.05, 0.1) is 0 Å². The highest BCUT2D eigenvalue weighted by Crippen LogP contribution is 2.39. The van der Waals surface area contributed by atoms with Crippen LogP contribution in [-0.4, -0.2) is 24.1 Å². The average Bonchev–Trinajstić information content (AvgIpc) is 2.42. The third kappa shape index (κ3) is 2.21. The maximum atomic E-state index is 5.81. The summed E-state index contributed by atoms with van der Waals surface area (Å²) in [6.45, 7) is 4.08. The van der Waals surface area contributed by atoms with Crippen molar-refractivity contribution >= 4 is 5.82 Å². The molecule has 1 aromatic heterocycles. The van der Waals surface area contributed by atoms with Crippen LogP contribution in [0.5, 0.6) is 0 Å². The van der Waals surface area contributed by atoms with Crippen molar-refractivity contribution in [1.82, 2.24) is 9.97 Å². The molecule has 4 heteroatoms. The van der Waals surface area contributed by atoms with Gasteiger partial charge in [-0.2, -0.15) is 0 Å². The zero-order valence-corrected chi connectivity index (χ0v) is 11.8. The molecule has 0 amide bonds. The molecule has 0 spiro atoms. The van der Waals surface area contributed by atoms with Crippen molar-refractivity contribution in [2.75, 3.05) is 19.5 Å². The molecule has 1 aliphatic rings. The molecule has 1 aromatic rings. The molecule has 0 atom stereocenters. The molecule has 1 heterocycles. The van der Waals surface area contributed by atoms with Crippen LogP contribution in [0.3, 0.4) is 0 Å². The number of nitrogens with zero attached hydrogens (tertiary/aromatic N) is 2. The molecule has 0 aromatic carbocycles. The number of rotatable bonds is 3. The van der Waals surface area contributed by atoms with Crippen LogP contribution in [0.25, 0.3) is 0 Å². The topological polar surface area (TPSA) is 47.0 Å². The van der Waals surface area contributed by atoms with Gasteiger partial charge in [-0.15, -0.1) is 0 Å². The van der Waals surface area contributed by atoms with Crippen molar-refractivity contribution in [3.05, 3.63) is 17.1 Å². The van der Waals surface area contributed by atoms with Gasteiger partial charge in [-0.05, 0) is 26.7 Å². The van der Waals surface area contributed by atoms with E-state index in [4.69, 9.17) is 4.74 Å². The van der Waals surface area contributed by atoms with Gasteiger partial charge in [0, 0.05) is 25.4 Å². The van der Waals surface area contributed by atoms with Gasteiger partial charge in [0.15, 0.2) is 5.82 Å². The highest BCUT2D eigenvalue weighted by Gasteiger charge is 2.37. The molecule has 0 saturated heterocycles. The maximum Gasteiger partial charge on any atom is 0.162 e. The van der Waals surface area contributed by atoms with E-state index in [1.807, 2.05) is 20.9 Å². The molecule has 2 rings (SSSR count). The Balaban J connectivity index is 2.45. The number of aromatic nitrogens is 2. The molecule has 100 valence electrons. The SMILES string of the molecule is CNc1nc(C2(OC)CCCCC2)nc(C)c1C. The lowest BCUT2D eigenvalue weighted by molar-refractivity contribution is -0.0515. The lowest BCUT2D eigenvalue weighted by Gasteiger charge is -2.35. The van der Waals surface area contributed by atoms with Gasteiger partial charge in [0.2, 0.25) is 0 Å². The van der Waals surface area contributed by atoms with Crippen molar-refractivity contribution in [3.8, 4) is 0 Å². The van der Waals surface area contributed by atoms with E-state index in [1.165, 1.54) is 19.3 Å². The zero-order chi connectivity index (χ0) is 13.2. The summed E-state index contributed by atoms with van der Waals surface area (Å²) in [5.74, 6) is 1.76. The van der Waals surface area contributed by atoms with Gasteiger partial charge in [0.25, 0.3) is 0 Å². The molecular formula is C14H23N3O. The van der Waals surface area contributed by atoms with Crippen molar-refractivity contribution in [1.29, 1.82) is 0 Å². The minimum absolute atomic E-state index is 0.275. The van der Waals surface area contributed by atoms with Crippen molar-refractivity contribution < 1.29 is 4.74 Å². The Labute approximate surface area is 109 Å². The zero-order valence-electron chi connectivity index (χ0n) is 11.8. The Hall–Kier alpha value is -1.16. The molecule has 1 fully saturated rings. The summed E-state index contributed by atoms with van der Waals surface area (Å²) in [5.41, 5.74) is 1.87. The van der Waals surface area contributed by atoms with E-state index in [1.54, 1.807) is 7.11 Å². The van der Waals surface area contributed by atoms with Crippen molar-refractivity contribution in [2.45, 2.75) is 51.6 Å². The molecule has 0 unspecified atom stereocenters. The first kappa shape index (κ1) is 13.3. The first-order valence-corrected chi connectivity index (χ1v) is 6.71. The Morgan fingerprint density at radius 2 is 1.78 bits per heavy atom. The lowest BCUT2D eigenvalue weighted by atomic mass is 9.83. The summed E-state index contributed by atoms with van der Waals surface area (Å²) in [6, 6.07) is 0. The first-order chi connectivity index (χ1) is 8.63. The molecule has 0 radical (unpaired) electrons. The second kappa shape index (κ2) is 5.22. The Bertz CT molecular complexity index is 425. The van der Waals surface area contributed by atoms with Crippen molar-refractivity contribution in [3.63, 3.8) is 0 Å². The van der Waals surface area contributed by atoms with E-state index in [0.717, 1.165) is 35.7 Å². The second-order valence-corrected chi connectivity index (χ2v) is 5.12. The predicted molar refractivity (Wildman–Crippen MR) is 72.8 cm³/mol. The summed E-state index contributed by atoms with van der Waals surface area (Å²) >= 11 is 0. The van der Waals surface area contributed by atoms with E-state index in [-0.39, 0.29) is 5.60 Å². The number of methoxy groups -OCH3 is 1. The lowest BCUT2D eigenvalue weighted by Crippen LogP contribution is -2.34. The number of nitrogens with one attached hydrogen (secondary N) is 1. The summed E-state index contributed by atoms with van der Waals surface area (Å²) < 4.78 is 5.81. The number of aryl methyl sites for hydroxylation is 1. The van der Waals surface area contributed by atoms with Crippen LogP contribution in [0, 0.1) is 13.8 Å². The van der Waals surface area contributed by atoms with Gasteiger partial charge in [0.1, 0.15) is 11.4 Å². The third-order valence-corrected chi connectivity index (χ3v) is 4.09. The van der Waals surface area contributed by atoms with Crippen LogP contribution < -0.4 is 5.32 Å². The number of ether oxygens (including phenoxy) is 1. The van der Waals surface area contributed by atoms with Crippen LogP contribution in [-0.2, 0) is 10.3 Å². The predicted octanol–water partition coefficient (Wildman–Crippen LogP) is 2.94. The summed E-state index contributed by atoms with van der Waals surface area (Å²) in [7, 11) is 3.68. The fourth-order valence-corrected chi connectivity index (χ4v) is 2.72. The molecule has 1 N–H and O–H groups in total. The Morgan fingerprint density at radius 1 is 1.11 bits per heavy atom. The second-order valence-electron chi connectivity index (χ2n) is 5.12. The standard InChI is InChI=1S/C14H23N3O/c1-10-11(2)16-13(17-12(10)15-3)14(18-4)8-6-5-7-9-14/h5-9H2,1-4H3,(H,15,16,17). The fraction of sp³-hybridized carbons (Fsp3) is 0.714. The highest BCUT2D eigenvalue weighted by molar-refractivity contribution is 5.45. The molecule has 1 saturated carbocycles. The largest absolute Gasteiger partial charge is 0.373 e. The molecular weight excluding hydrogens is 226 g/mol. The van der Waals surface area contributed by atoms with E-state index in [0.29, 0.717) is 0 Å². The van der Waals surface area contributed by atoms with Crippen molar-refractivity contribution in [2.24, 2.45) is 0 Å². The summed E-state index contributed by atoms with van der Waals surface area (Å²) in [5, 5.41) is 3.15. The fourth-order valence-electron chi connectivity index (χ4n) is 2.72. The van der Waals surface area contributed by atoms with Crippen LogP contribution >= 0.6 is 0 Å². The normalized spacial score (nSPS) is 18.7. The van der Waals surface area contributed by atoms with Gasteiger partial charge in [-0.25, -0.2) is 9.97 Å². The van der Waals surface area contributed by atoms with Gasteiger partial charge in [-0.1, -0.05) is 19.3 Å². The number of hydrogen-bond acceptors (Lipinski definition) is 4. The summed E-state index contributed by atoms with van der Waals surface area (Å²) in [4.78, 5) is 9.34. The molecule has 4 nitrogen and oxygen atoms in total. The molecule has 18 heavy (non-hydrogen) atoms. The monoisotopic (exact) mass is 249 g/mol. The first-order valence-electron chi connectivity index (χ1n) is 6.71. The number of hydrogen-bond donors (Lipinski definition) is 1. The third-order valence-electron chi connectivity index (χ3n) is 4.09. The molecule has 0 bridgehead atoms. The highest BCUT2D eigenvalue weighted by atomic mass is 16.5. The van der Waals surface area contributed by atoms with Crippen LogP contribution in [0.15, 0.2) is 0 Å². The van der Waals surface area contributed by atoms with E-state index in [2.05, 4.69) is 15.3 Å². The van der Waals surface area contributed by atoms with Crippen LogP contribution in [0.4, 0.5) is 5.82 Å². The molecule has 1 aliphatic carbocycles. The van der Waals surface area contributed by atoms with Crippen LogP contribution in [0.1, 0.15) is 49.2 Å². The van der Waals surface area contributed by atoms with E-state index >= 15 is 0 Å². The Morgan fingerprint density at radius 3 is 2.33 bits per heavy atom. The Kier molecular flexibility index (Phi) is 3.85. The van der Waals surface area contributed by atoms with Crippen LogP contribution in [0.2, 0.25) is 0 Å². The van der Waals surface area contributed by atoms with E-state index < -0.39 is 0 Å². The number of anilines is 1. The maximum absolute atomic E-state index is 5.81. The smallest absolute Gasteiger partial charge is 0.162 e. The van der Waals surface area contributed by atoms with Gasteiger partial charge in [-0.3, -0.25) is 0 Å². The molecule has 0 aliphatic heterocycles. The summed E-state index contributed by atoms with van der Waals surface area (Å²) in [6.07, 6.45) is 5.72.